The molecule has 44 heavy (non-hydrogen) atoms. The first-order valence-electron chi connectivity index (χ1n) is 12.7. The number of carboxylic acid groups (broad SMARTS) is 1. The van der Waals surface area contributed by atoms with Crippen molar-refractivity contribution < 1.29 is 51.0 Å². The fraction of sp³-hybridized carbons (Fsp3) is 0.321. The first kappa shape index (κ1) is 33.5. The molecule has 0 fully saturated rings. The lowest BCUT2D eigenvalue weighted by atomic mass is 10.1. The lowest BCUT2D eigenvalue weighted by Gasteiger charge is -2.28. The lowest BCUT2D eigenvalue weighted by Crippen LogP contribution is -2.38. The van der Waals surface area contributed by atoms with Gasteiger partial charge in [0.15, 0.2) is 11.6 Å². The number of aromatic carboxylic acids is 1. The second kappa shape index (κ2) is 13.1. The van der Waals surface area contributed by atoms with Gasteiger partial charge in [0, 0.05) is 36.9 Å². The maximum absolute atomic E-state index is 14.4. The van der Waals surface area contributed by atoms with Crippen LogP contribution in [0.5, 0.6) is 5.88 Å². The Hall–Kier alpha value is -5.02. The van der Waals surface area contributed by atoms with Crippen LogP contribution in [0.3, 0.4) is 0 Å². The predicted molar refractivity (Wildman–Crippen MR) is 146 cm³/mol. The summed E-state index contributed by atoms with van der Waals surface area (Å²) in [6, 6.07) is 5.61. The molecule has 3 rings (SSSR count). The average molecular weight is 627 g/mol. The van der Waals surface area contributed by atoms with Gasteiger partial charge in [-0.15, -0.1) is 0 Å². The molecule has 0 saturated heterocycles. The fourth-order valence-corrected chi connectivity index (χ4v) is 3.93. The minimum absolute atomic E-state index is 0.0533. The standard InChI is InChI=1S/C28H27F5N4O7/c1-27(2,3)44-26(40)36(10-9-21-23(37(41)42)7-8-24(35-21)43-4)14-15-11-18(29)19(30)13-22(15)34-20-6-5-16(28(31,32)33)12-17(20)25(38)39/h5-8,11-13,34H,9-10,14H2,1-4H3,(H,38,39). The van der Waals surface area contributed by atoms with Crippen molar-refractivity contribution >= 4 is 29.1 Å². The molecular formula is C28H27F5N4O7. The number of methoxy groups -OCH3 is 1. The molecule has 0 aliphatic rings. The number of nitrogens with one attached hydrogen (secondary N) is 1. The fourth-order valence-electron chi connectivity index (χ4n) is 3.93. The summed E-state index contributed by atoms with van der Waals surface area (Å²) < 4.78 is 78.8. The molecular weight excluding hydrogens is 599 g/mol. The second-order valence-electron chi connectivity index (χ2n) is 10.3. The summed E-state index contributed by atoms with van der Waals surface area (Å²) in [5.74, 6) is -4.39. The van der Waals surface area contributed by atoms with Gasteiger partial charge in [0.05, 0.1) is 35.4 Å². The number of anilines is 2. The number of carbonyl (C=O) groups is 2. The highest BCUT2D eigenvalue weighted by atomic mass is 19.4. The summed E-state index contributed by atoms with van der Waals surface area (Å²) in [6.45, 7) is 3.92. The Balaban J connectivity index is 2.04. The van der Waals surface area contributed by atoms with Crippen LogP contribution in [0, 0.1) is 21.7 Å². The van der Waals surface area contributed by atoms with Crippen LogP contribution >= 0.6 is 0 Å². The van der Waals surface area contributed by atoms with Crippen molar-refractivity contribution in [2.75, 3.05) is 19.0 Å². The Morgan fingerprint density at radius 1 is 1.05 bits per heavy atom. The summed E-state index contributed by atoms with van der Waals surface area (Å²) in [4.78, 5) is 40.9. The topological polar surface area (TPSA) is 144 Å². The number of benzene rings is 2. The largest absolute Gasteiger partial charge is 0.481 e. The number of pyridine rings is 1. The Labute approximate surface area is 247 Å². The van der Waals surface area contributed by atoms with E-state index in [1.165, 1.54) is 19.2 Å². The summed E-state index contributed by atoms with van der Waals surface area (Å²) in [5.41, 5.74) is -4.27. The van der Waals surface area contributed by atoms with Gasteiger partial charge in [-0.2, -0.15) is 13.2 Å². The van der Waals surface area contributed by atoms with Crippen LogP contribution in [-0.2, 0) is 23.9 Å². The molecule has 0 bridgehead atoms. The van der Waals surface area contributed by atoms with E-state index in [2.05, 4.69) is 10.3 Å². The second-order valence-corrected chi connectivity index (χ2v) is 10.3. The van der Waals surface area contributed by atoms with Gasteiger partial charge in [0.1, 0.15) is 11.3 Å². The highest BCUT2D eigenvalue weighted by Crippen LogP contribution is 2.34. The molecule has 0 unspecified atom stereocenters. The molecule has 0 radical (unpaired) electrons. The number of nitro groups is 1. The molecule has 236 valence electrons. The third-order valence-electron chi connectivity index (χ3n) is 5.95. The summed E-state index contributed by atoms with van der Waals surface area (Å²) in [5, 5.41) is 23.6. The molecule has 1 heterocycles. The zero-order chi connectivity index (χ0) is 33.0. The monoisotopic (exact) mass is 626 g/mol. The average Bonchev–Trinajstić information content (AvgIpc) is 2.91. The van der Waals surface area contributed by atoms with Crippen LogP contribution in [0.25, 0.3) is 0 Å². The molecule has 1 aromatic heterocycles. The zero-order valence-electron chi connectivity index (χ0n) is 23.8. The number of halogens is 5. The molecule has 2 N–H and O–H groups in total. The lowest BCUT2D eigenvalue weighted by molar-refractivity contribution is -0.386. The van der Waals surface area contributed by atoms with Gasteiger partial charge in [0.25, 0.3) is 5.69 Å². The van der Waals surface area contributed by atoms with Gasteiger partial charge < -0.3 is 24.8 Å². The minimum atomic E-state index is -4.85. The van der Waals surface area contributed by atoms with E-state index in [-0.39, 0.29) is 47.2 Å². The quantitative estimate of drug-likeness (QED) is 0.142. The molecule has 2 aromatic carbocycles. The third-order valence-corrected chi connectivity index (χ3v) is 5.95. The Bertz CT molecular complexity index is 1580. The number of amides is 1. The number of rotatable bonds is 10. The minimum Gasteiger partial charge on any atom is -0.481 e. The normalized spacial score (nSPS) is 11.6. The zero-order valence-corrected chi connectivity index (χ0v) is 23.8. The van der Waals surface area contributed by atoms with Crippen LogP contribution < -0.4 is 10.1 Å². The maximum atomic E-state index is 14.4. The van der Waals surface area contributed by atoms with Crippen molar-refractivity contribution in [1.82, 2.24) is 9.88 Å². The number of hydrogen-bond acceptors (Lipinski definition) is 8. The Morgan fingerprint density at radius 3 is 2.27 bits per heavy atom. The molecule has 0 saturated carbocycles. The number of hydrogen-bond donors (Lipinski definition) is 2. The molecule has 3 aromatic rings. The Morgan fingerprint density at radius 2 is 1.70 bits per heavy atom. The molecule has 0 aliphatic carbocycles. The van der Waals surface area contributed by atoms with Crippen molar-refractivity contribution in [2.45, 2.75) is 45.5 Å². The Kier molecular flexibility index (Phi) is 9.96. The smallest absolute Gasteiger partial charge is 0.416 e. The van der Waals surface area contributed by atoms with Gasteiger partial charge in [-0.1, -0.05) is 0 Å². The van der Waals surface area contributed by atoms with Gasteiger partial charge >= 0.3 is 18.2 Å². The van der Waals surface area contributed by atoms with E-state index in [1.54, 1.807) is 20.8 Å². The SMILES string of the molecule is COc1ccc([N+](=O)[O-])c(CCN(Cc2cc(F)c(F)cc2Nc2ccc(C(F)(F)F)cc2C(=O)O)C(=O)OC(C)(C)C)n1. The highest BCUT2D eigenvalue weighted by molar-refractivity contribution is 5.95. The summed E-state index contributed by atoms with van der Waals surface area (Å²) in [7, 11) is 1.30. The van der Waals surface area contributed by atoms with Crippen molar-refractivity contribution in [3.8, 4) is 5.88 Å². The maximum Gasteiger partial charge on any atom is 0.416 e. The van der Waals surface area contributed by atoms with Gasteiger partial charge in [-0.25, -0.2) is 23.4 Å². The van der Waals surface area contributed by atoms with Crippen molar-refractivity contribution in [1.29, 1.82) is 0 Å². The van der Waals surface area contributed by atoms with E-state index in [4.69, 9.17) is 9.47 Å². The van der Waals surface area contributed by atoms with Crippen molar-refractivity contribution in [3.63, 3.8) is 0 Å². The molecule has 1 amide bonds. The van der Waals surface area contributed by atoms with Gasteiger partial charge in [-0.05, 0) is 50.6 Å². The highest BCUT2D eigenvalue weighted by Gasteiger charge is 2.32. The number of alkyl halides is 3. The van der Waals surface area contributed by atoms with Crippen LogP contribution in [0.15, 0.2) is 42.5 Å². The molecule has 0 spiro atoms. The van der Waals surface area contributed by atoms with Crippen LogP contribution in [0.2, 0.25) is 0 Å². The van der Waals surface area contributed by atoms with Gasteiger partial charge in [-0.3, -0.25) is 10.1 Å². The molecule has 0 atom stereocenters. The number of nitrogens with zero attached hydrogens (tertiary/aromatic N) is 3. The van der Waals surface area contributed by atoms with E-state index in [9.17, 15) is 46.8 Å². The van der Waals surface area contributed by atoms with Gasteiger partial charge in [0.2, 0.25) is 5.88 Å². The number of ether oxygens (including phenoxy) is 2. The van der Waals surface area contributed by atoms with E-state index in [0.29, 0.717) is 24.3 Å². The number of carboxylic acids is 1. The van der Waals surface area contributed by atoms with E-state index >= 15 is 0 Å². The van der Waals surface area contributed by atoms with E-state index < -0.39 is 58.1 Å². The molecule has 11 nitrogen and oxygen atoms in total. The molecule has 0 aliphatic heterocycles. The summed E-state index contributed by atoms with van der Waals surface area (Å²) >= 11 is 0. The van der Waals surface area contributed by atoms with Crippen LogP contribution in [0.4, 0.5) is 43.8 Å². The van der Waals surface area contributed by atoms with E-state index in [0.717, 1.165) is 11.0 Å². The van der Waals surface area contributed by atoms with Crippen LogP contribution in [0.1, 0.15) is 48.0 Å². The van der Waals surface area contributed by atoms with Crippen LogP contribution in [-0.4, -0.2) is 51.2 Å². The third kappa shape index (κ3) is 8.52. The summed E-state index contributed by atoms with van der Waals surface area (Å²) in [6.07, 6.45) is -6.00. The van der Waals surface area contributed by atoms with Crippen molar-refractivity contribution in [2.24, 2.45) is 0 Å². The first-order valence-corrected chi connectivity index (χ1v) is 12.7. The van der Waals surface area contributed by atoms with E-state index in [1.807, 2.05) is 0 Å². The number of aromatic nitrogens is 1. The van der Waals surface area contributed by atoms with Crippen molar-refractivity contribution in [3.05, 3.63) is 86.6 Å². The predicted octanol–water partition coefficient (Wildman–Crippen LogP) is 6.72. The molecule has 16 heteroatoms. The first-order chi connectivity index (χ1) is 20.4. The number of carbonyl (C=O) groups excluding carboxylic acids is 1.